The van der Waals surface area contributed by atoms with Gasteiger partial charge in [0.05, 0.1) is 0 Å². The first-order chi connectivity index (χ1) is 13.6. The van der Waals surface area contributed by atoms with Gasteiger partial charge in [0.2, 0.25) is 5.91 Å². The Hall–Kier alpha value is -2.60. The van der Waals surface area contributed by atoms with Gasteiger partial charge in [0, 0.05) is 25.3 Å². The standard InChI is InChI=1S/C22H24N4OS/c1-25(18-13-7-4-8-14-18)20(27)22(15-9-10-16-22)28-21-24-23-19(26(21)2)17-11-5-3-6-12-17/h3-8,11-14H,9-10,15-16H2,1-2H3. The summed E-state index contributed by atoms with van der Waals surface area (Å²) in [5.74, 6) is 0.963. The average molecular weight is 393 g/mol. The number of amides is 1. The topological polar surface area (TPSA) is 51.0 Å². The molecule has 5 nitrogen and oxygen atoms in total. The number of carbonyl (C=O) groups excluding carboxylic acids is 1. The fourth-order valence-electron chi connectivity index (χ4n) is 3.80. The van der Waals surface area contributed by atoms with E-state index in [1.807, 2.05) is 79.3 Å². The molecule has 28 heavy (non-hydrogen) atoms. The van der Waals surface area contributed by atoms with Crippen LogP contribution in [0.1, 0.15) is 25.7 Å². The van der Waals surface area contributed by atoms with E-state index in [1.165, 1.54) is 0 Å². The molecule has 0 unspecified atom stereocenters. The van der Waals surface area contributed by atoms with Gasteiger partial charge in [-0.25, -0.2) is 0 Å². The summed E-state index contributed by atoms with van der Waals surface area (Å²) < 4.78 is 1.51. The highest BCUT2D eigenvalue weighted by Crippen LogP contribution is 2.46. The first kappa shape index (κ1) is 18.7. The highest BCUT2D eigenvalue weighted by molar-refractivity contribution is 8.01. The quantitative estimate of drug-likeness (QED) is 0.639. The first-order valence-corrected chi connectivity index (χ1v) is 10.4. The number of hydrogen-bond donors (Lipinski definition) is 0. The van der Waals surface area contributed by atoms with Crippen molar-refractivity contribution < 1.29 is 4.79 Å². The minimum Gasteiger partial charge on any atom is -0.314 e. The second kappa shape index (κ2) is 7.80. The van der Waals surface area contributed by atoms with Gasteiger partial charge in [-0.05, 0) is 25.0 Å². The van der Waals surface area contributed by atoms with Crippen molar-refractivity contribution in [2.45, 2.75) is 35.6 Å². The van der Waals surface area contributed by atoms with Gasteiger partial charge >= 0.3 is 0 Å². The second-order valence-corrected chi connectivity index (χ2v) is 8.59. The van der Waals surface area contributed by atoms with Gasteiger partial charge in [-0.3, -0.25) is 4.79 Å². The summed E-state index contributed by atoms with van der Waals surface area (Å²) in [6, 6.07) is 19.9. The molecule has 1 saturated carbocycles. The van der Waals surface area contributed by atoms with Crippen molar-refractivity contribution in [3.8, 4) is 11.4 Å². The highest BCUT2D eigenvalue weighted by atomic mass is 32.2. The maximum atomic E-state index is 13.5. The van der Waals surface area contributed by atoms with Crippen molar-refractivity contribution in [2.24, 2.45) is 7.05 Å². The summed E-state index contributed by atoms with van der Waals surface area (Å²) in [5.41, 5.74) is 1.94. The van der Waals surface area contributed by atoms with Crippen LogP contribution in [0.4, 0.5) is 5.69 Å². The lowest BCUT2D eigenvalue weighted by Gasteiger charge is -2.31. The van der Waals surface area contributed by atoms with Gasteiger partial charge in [-0.15, -0.1) is 10.2 Å². The summed E-state index contributed by atoms with van der Waals surface area (Å²) in [6.07, 6.45) is 3.85. The largest absolute Gasteiger partial charge is 0.314 e. The maximum Gasteiger partial charge on any atom is 0.243 e. The zero-order valence-corrected chi connectivity index (χ0v) is 17.0. The molecular formula is C22H24N4OS. The van der Waals surface area contributed by atoms with Crippen molar-refractivity contribution in [3.05, 3.63) is 60.7 Å². The van der Waals surface area contributed by atoms with Gasteiger partial charge in [0.1, 0.15) is 4.75 Å². The monoisotopic (exact) mass is 392 g/mol. The van der Waals surface area contributed by atoms with Gasteiger partial charge in [-0.1, -0.05) is 73.1 Å². The zero-order chi connectivity index (χ0) is 19.6. The van der Waals surface area contributed by atoms with Gasteiger partial charge in [0.25, 0.3) is 0 Å². The fourth-order valence-corrected chi connectivity index (χ4v) is 5.17. The van der Waals surface area contributed by atoms with E-state index >= 15 is 0 Å². The number of benzene rings is 2. The number of para-hydroxylation sites is 1. The normalized spacial score (nSPS) is 15.5. The van der Waals surface area contributed by atoms with Crippen LogP contribution in [0.25, 0.3) is 11.4 Å². The fraction of sp³-hybridized carbons (Fsp3) is 0.318. The van der Waals surface area contributed by atoms with E-state index in [0.717, 1.165) is 47.9 Å². The Morgan fingerprint density at radius 3 is 2.25 bits per heavy atom. The minimum atomic E-state index is -0.487. The van der Waals surface area contributed by atoms with Crippen molar-refractivity contribution in [1.82, 2.24) is 14.8 Å². The zero-order valence-electron chi connectivity index (χ0n) is 16.2. The summed E-state index contributed by atoms with van der Waals surface area (Å²) in [5, 5.41) is 9.60. The third kappa shape index (κ3) is 3.44. The van der Waals surface area contributed by atoms with Crippen LogP contribution in [0.15, 0.2) is 65.8 Å². The highest BCUT2D eigenvalue weighted by Gasteiger charge is 2.45. The van der Waals surface area contributed by atoms with Crippen LogP contribution in [-0.2, 0) is 11.8 Å². The van der Waals surface area contributed by atoms with Gasteiger partial charge in [0.15, 0.2) is 11.0 Å². The van der Waals surface area contributed by atoms with E-state index in [0.29, 0.717) is 0 Å². The number of rotatable bonds is 5. The summed E-state index contributed by atoms with van der Waals surface area (Å²) in [4.78, 5) is 15.3. The Bertz CT molecular complexity index is 949. The number of anilines is 1. The van der Waals surface area contributed by atoms with E-state index in [2.05, 4.69) is 10.2 Å². The first-order valence-electron chi connectivity index (χ1n) is 9.58. The smallest absolute Gasteiger partial charge is 0.243 e. The third-order valence-corrected chi connectivity index (χ3v) is 6.91. The van der Waals surface area contributed by atoms with Gasteiger partial charge < -0.3 is 9.47 Å². The van der Waals surface area contributed by atoms with Crippen LogP contribution in [0.3, 0.4) is 0 Å². The molecule has 4 rings (SSSR count). The summed E-state index contributed by atoms with van der Waals surface area (Å²) >= 11 is 1.57. The van der Waals surface area contributed by atoms with E-state index in [4.69, 9.17) is 0 Å². The molecule has 0 spiro atoms. The van der Waals surface area contributed by atoms with Crippen molar-refractivity contribution in [3.63, 3.8) is 0 Å². The van der Waals surface area contributed by atoms with Crippen LogP contribution >= 0.6 is 11.8 Å². The van der Waals surface area contributed by atoms with Crippen LogP contribution in [0.5, 0.6) is 0 Å². The molecule has 0 bridgehead atoms. The number of nitrogens with zero attached hydrogens (tertiary/aromatic N) is 4. The maximum absolute atomic E-state index is 13.5. The molecule has 2 aromatic carbocycles. The lowest BCUT2D eigenvalue weighted by molar-refractivity contribution is -0.120. The number of carbonyl (C=O) groups is 1. The Labute approximate surface area is 169 Å². The predicted molar refractivity (Wildman–Crippen MR) is 113 cm³/mol. The van der Waals surface area contributed by atoms with Crippen molar-refractivity contribution in [1.29, 1.82) is 0 Å². The van der Waals surface area contributed by atoms with Crippen molar-refractivity contribution in [2.75, 3.05) is 11.9 Å². The van der Waals surface area contributed by atoms with E-state index in [9.17, 15) is 4.79 Å². The molecule has 0 radical (unpaired) electrons. The van der Waals surface area contributed by atoms with Crippen LogP contribution in [0.2, 0.25) is 0 Å². The minimum absolute atomic E-state index is 0.144. The molecule has 1 heterocycles. The molecular weight excluding hydrogens is 368 g/mol. The molecule has 1 aromatic heterocycles. The number of hydrogen-bond acceptors (Lipinski definition) is 4. The van der Waals surface area contributed by atoms with Crippen LogP contribution in [0, 0.1) is 0 Å². The predicted octanol–water partition coefficient (Wildman–Crippen LogP) is 4.55. The second-order valence-electron chi connectivity index (χ2n) is 7.23. The SMILES string of the molecule is CN(C(=O)C1(Sc2nnc(-c3ccccc3)n2C)CCCC1)c1ccccc1. The third-order valence-electron chi connectivity index (χ3n) is 5.40. The number of thioether (sulfide) groups is 1. The molecule has 0 atom stereocenters. The summed E-state index contributed by atoms with van der Waals surface area (Å²) in [7, 11) is 3.84. The van der Waals surface area contributed by atoms with Crippen LogP contribution in [-0.4, -0.2) is 32.5 Å². The molecule has 1 aliphatic carbocycles. The van der Waals surface area contributed by atoms with Crippen LogP contribution < -0.4 is 4.90 Å². The molecule has 0 aliphatic heterocycles. The number of aromatic nitrogens is 3. The van der Waals surface area contributed by atoms with E-state index < -0.39 is 4.75 Å². The lowest BCUT2D eigenvalue weighted by Crippen LogP contribution is -2.43. The molecule has 6 heteroatoms. The summed E-state index contributed by atoms with van der Waals surface area (Å²) in [6.45, 7) is 0. The Morgan fingerprint density at radius 1 is 1.00 bits per heavy atom. The molecule has 0 saturated heterocycles. The molecule has 1 amide bonds. The van der Waals surface area contributed by atoms with Crippen molar-refractivity contribution >= 4 is 23.4 Å². The Kier molecular flexibility index (Phi) is 5.22. The molecule has 3 aromatic rings. The van der Waals surface area contributed by atoms with Gasteiger partial charge in [-0.2, -0.15) is 0 Å². The van der Waals surface area contributed by atoms with E-state index in [-0.39, 0.29) is 5.91 Å². The Morgan fingerprint density at radius 2 is 1.61 bits per heavy atom. The molecule has 0 N–H and O–H groups in total. The average Bonchev–Trinajstić information content (AvgIpc) is 3.36. The lowest BCUT2D eigenvalue weighted by atomic mass is 10.1. The molecule has 144 valence electrons. The molecule has 1 aliphatic rings. The Balaban J connectivity index is 1.63. The van der Waals surface area contributed by atoms with E-state index in [1.54, 1.807) is 16.7 Å². The molecule has 1 fully saturated rings.